The lowest BCUT2D eigenvalue weighted by Crippen LogP contribution is -2.38. The van der Waals surface area contributed by atoms with Crippen LogP contribution in [0.25, 0.3) is 11.0 Å². The summed E-state index contributed by atoms with van der Waals surface area (Å²) in [6.07, 6.45) is 4.72. The molecule has 1 aliphatic rings. The number of hydrogen-bond donors (Lipinski definition) is 1. The van der Waals surface area contributed by atoms with E-state index in [4.69, 9.17) is 10.7 Å². The van der Waals surface area contributed by atoms with E-state index in [-0.39, 0.29) is 0 Å². The predicted octanol–water partition coefficient (Wildman–Crippen LogP) is 3.52. The van der Waals surface area contributed by atoms with Crippen molar-refractivity contribution in [3.63, 3.8) is 0 Å². The van der Waals surface area contributed by atoms with E-state index in [0.717, 1.165) is 30.2 Å². The lowest BCUT2D eigenvalue weighted by atomic mass is 9.73. The molecule has 114 valence electrons. The van der Waals surface area contributed by atoms with Crippen LogP contribution in [0.2, 0.25) is 0 Å². The van der Waals surface area contributed by atoms with Crippen LogP contribution < -0.4 is 5.73 Å². The summed E-state index contributed by atoms with van der Waals surface area (Å²) < 4.78 is 2.24. The molecule has 1 fully saturated rings. The van der Waals surface area contributed by atoms with Crippen molar-refractivity contribution < 1.29 is 0 Å². The lowest BCUT2D eigenvalue weighted by molar-refractivity contribution is 0.187. The Balaban J connectivity index is 1.82. The molecule has 1 aliphatic carbocycles. The lowest BCUT2D eigenvalue weighted by Gasteiger charge is -2.36. The van der Waals surface area contributed by atoms with Crippen molar-refractivity contribution in [2.75, 3.05) is 0 Å². The Hall–Kier alpha value is -1.35. The normalized spacial score (nSPS) is 26.6. The van der Waals surface area contributed by atoms with Crippen molar-refractivity contribution in [2.45, 2.75) is 45.6 Å². The van der Waals surface area contributed by atoms with E-state index in [1.54, 1.807) is 0 Å². The van der Waals surface area contributed by atoms with Crippen molar-refractivity contribution in [1.29, 1.82) is 0 Å². The molecule has 1 aromatic carbocycles. The Kier molecular flexibility index (Phi) is 4.03. The van der Waals surface area contributed by atoms with Gasteiger partial charge in [0, 0.05) is 19.5 Å². The summed E-state index contributed by atoms with van der Waals surface area (Å²) in [5.41, 5.74) is 8.71. The van der Waals surface area contributed by atoms with Gasteiger partial charge in [-0.05, 0) is 49.1 Å². The molecule has 3 nitrogen and oxygen atoms in total. The van der Waals surface area contributed by atoms with Gasteiger partial charge in [0.1, 0.15) is 5.82 Å². The van der Waals surface area contributed by atoms with Crippen LogP contribution in [-0.4, -0.2) is 15.6 Å². The molecule has 1 heterocycles. The summed E-state index contributed by atoms with van der Waals surface area (Å²) in [5.74, 6) is 3.34. The molecular weight excluding hydrogens is 258 g/mol. The molecule has 0 radical (unpaired) electrons. The highest BCUT2D eigenvalue weighted by Gasteiger charge is 2.30. The number of aromatic nitrogens is 2. The van der Waals surface area contributed by atoms with Crippen LogP contribution in [0.5, 0.6) is 0 Å². The van der Waals surface area contributed by atoms with Gasteiger partial charge in [0.25, 0.3) is 0 Å². The molecule has 3 heteroatoms. The van der Waals surface area contributed by atoms with E-state index in [1.807, 2.05) is 0 Å². The van der Waals surface area contributed by atoms with Crippen LogP contribution in [-0.2, 0) is 13.5 Å². The molecule has 0 bridgehead atoms. The van der Waals surface area contributed by atoms with Gasteiger partial charge in [-0.3, -0.25) is 0 Å². The van der Waals surface area contributed by atoms with Gasteiger partial charge in [-0.15, -0.1) is 0 Å². The van der Waals surface area contributed by atoms with Crippen LogP contribution in [0.1, 0.15) is 38.9 Å². The molecule has 1 saturated carbocycles. The minimum Gasteiger partial charge on any atom is -0.331 e. The van der Waals surface area contributed by atoms with Crippen molar-refractivity contribution >= 4 is 11.0 Å². The highest BCUT2D eigenvalue weighted by Crippen LogP contribution is 2.35. The van der Waals surface area contributed by atoms with Gasteiger partial charge < -0.3 is 10.3 Å². The zero-order valence-corrected chi connectivity index (χ0v) is 13.4. The maximum Gasteiger partial charge on any atom is 0.109 e. The second kappa shape index (κ2) is 5.80. The van der Waals surface area contributed by atoms with Gasteiger partial charge >= 0.3 is 0 Å². The minimum absolute atomic E-state index is 0.333. The monoisotopic (exact) mass is 285 g/mol. The first-order valence-corrected chi connectivity index (χ1v) is 8.22. The average molecular weight is 285 g/mol. The number of para-hydroxylation sites is 2. The molecule has 2 N–H and O–H groups in total. The van der Waals surface area contributed by atoms with Crippen molar-refractivity contribution in [3.8, 4) is 0 Å². The molecule has 3 unspecified atom stereocenters. The Bertz CT molecular complexity index is 614. The second-order valence-electron chi connectivity index (χ2n) is 7.02. The van der Waals surface area contributed by atoms with Crippen LogP contribution in [0.4, 0.5) is 0 Å². The molecule has 0 saturated heterocycles. The van der Waals surface area contributed by atoms with Gasteiger partial charge in [0.05, 0.1) is 11.0 Å². The quantitative estimate of drug-likeness (QED) is 0.937. The smallest absolute Gasteiger partial charge is 0.109 e. The SMILES string of the molecule is CC(C)C1CCC(N)C(Cc2nc3ccccc3n2C)C1. The maximum absolute atomic E-state index is 6.40. The van der Waals surface area contributed by atoms with Crippen molar-refractivity contribution in [3.05, 3.63) is 30.1 Å². The fourth-order valence-electron chi connectivity index (χ4n) is 3.78. The Morgan fingerprint density at radius 1 is 1.29 bits per heavy atom. The number of imidazole rings is 1. The Labute approximate surface area is 127 Å². The summed E-state index contributed by atoms with van der Waals surface area (Å²) in [6.45, 7) is 4.68. The van der Waals surface area contributed by atoms with Gasteiger partial charge in [0.15, 0.2) is 0 Å². The molecule has 0 amide bonds. The second-order valence-corrected chi connectivity index (χ2v) is 7.02. The third-order valence-corrected chi connectivity index (χ3v) is 5.35. The maximum atomic E-state index is 6.40. The van der Waals surface area contributed by atoms with Crippen molar-refractivity contribution in [1.82, 2.24) is 9.55 Å². The predicted molar refractivity (Wildman–Crippen MR) is 88.1 cm³/mol. The molecule has 0 spiro atoms. The molecule has 3 rings (SSSR count). The highest BCUT2D eigenvalue weighted by atomic mass is 15.1. The third kappa shape index (κ3) is 2.84. The summed E-state index contributed by atoms with van der Waals surface area (Å²) in [7, 11) is 2.12. The van der Waals surface area contributed by atoms with Gasteiger partial charge in [-0.2, -0.15) is 0 Å². The van der Waals surface area contributed by atoms with E-state index >= 15 is 0 Å². The number of aryl methyl sites for hydroxylation is 1. The standard InChI is InChI=1S/C18H27N3/c1-12(2)13-8-9-15(19)14(10-13)11-18-20-16-6-4-5-7-17(16)21(18)3/h4-7,12-15H,8-11,19H2,1-3H3. The molecule has 1 aromatic heterocycles. The summed E-state index contributed by atoms with van der Waals surface area (Å²) >= 11 is 0. The molecule has 2 aromatic rings. The first kappa shape index (κ1) is 14.6. The first-order chi connectivity index (χ1) is 10.1. The van der Waals surface area contributed by atoms with E-state index in [0.29, 0.717) is 12.0 Å². The average Bonchev–Trinajstić information content (AvgIpc) is 2.78. The highest BCUT2D eigenvalue weighted by molar-refractivity contribution is 5.75. The third-order valence-electron chi connectivity index (χ3n) is 5.35. The molecule has 3 atom stereocenters. The number of rotatable bonds is 3. The van der Waals surface area contributed by atoms with E-state index in [9.17, 15) is 0 Å². The largest absolute Gasteiger partial charge is 0.331 e. The minimum atomic E-state index is 0.333. The number of hydrogen-bond acceptors (Lipinski definition) is 2. The summed E-state index contributed by atoms with van der Waals surface area (Å²) in [4.78, 5) is 4.82. The van der Waals surface area contributed by atoms with Gasteiger partial charge in [-0.25, -0.2) is 4.98 Å². The Morgan fingerprint density at radius 3 is 2.76 bits per heavy atom. The number of fused-ring (bicyclic) bond motifs is 1. The van der Waals surface area contributed by atoms with E-state index < -0.39 is 0 Å². The fourth-order valence-corrected chi connectivity index (χ4v) is 3.78. The van der Waals surface area contributed by atoms with E-state index in [1.165, 1.54) is 24.2 Å². The van der Waals surface area contributed by atoms with Crippen LogP contribution >= 0.6 is 0 Å². The molecular formula is C18H27N3. The molecule has 21 heavy (non-hydrogen) atoms. The zero-order valence-electron chi connectivity index (χ0n) is 13.4. The summed E-state index contributed by atoms with van der Waals surface area (Å²) in [6, 6.07) is 8.70. The van der Waals surface area contributed by atoms with Crippen LogP contribution in [0, 0.1) is 17.8 Å². The number of nitrogens with zero attached hydrogens (tertiary/aromatic N) is 2. The summed E-state index contributed by atoms with van der Waals surface area (Å²) in [5, 5.41) is 0. The van der Waals surface area contributed by atoms with Crippen molar-refractivity contribution in [2.24, 2.45) is 30.5 Å². The van der Waals surface area contributed by atoms with E-state index in [2.05, 4.69) is 49.7 Å². The Morgan fingerprint density at radius 2 is 2.05 bits per heavy atom. The first-order valence-electron chi connectivity index (χ1n) is 8.22. The van der Waals surface area contributed by atoms with Gasteiger partial charge in [-0.1, -0.05) is 26.0 Å². The van der Waals surface area contributed by atoms with Gasteiger partial charge in [0.2, 0.25) is 0 Å². The zero-order chi connectivity index (χ0) is 15.0. The fraction of sp³-hybridized carbons (Fsp3) is 0.611. The number of benzene rings is 1. The van der Waals surface area contributed by atoms with Crippen LogP contribution in [0.3, 0.4) is 0 Å². The van der Waals surface area contributed by atoms with Crippen LogP contribution in [0.15, 0.2) is 24.3 Å². The topological polar surface area (TPSA) is 43.8 Å². The number of nitrogens with two attached hydrogens (primary N) is 1. The molecule has 0 aliphatic heterocycles.